The Morgan fingerprint density at radius 2 is 1.71 bits per heavy atom. The SMILES string of the molecule is COc1ccc(S(=O)(=O)Nc2c(C)cc(C)cc2Br)cc1. The molecule has 0 aromatic heterocycles. The summed E-state index contributed by atoms with van der Waals surface area (Å²) in [4.78, 5) is 0.190. The van der Waals surface area contributed by atoms with Crippen LogP contribution in [0.5, 0.6) is 5.75 Å². The summed E-state index contributed by atoms with van der Waals surface area (Å²) in [5.74, 6) is 0.613. The zero-order valence-electron chi connectivity index (χ0n) is 12.0. The highest BCUT2D eigenvalue weighted by Crippen LogP contribution is 2.30. The number of aryl methyl sites for hydroxylation is 2. The van der Waals surface area contributed by atoms with Crippen LogP contribution in [0.4, 0.5) is 5.69 Å². The molecule has 1 N–H and O–H groups in total. The van der Waals surface area contributed by atoms with Crippen molar-refractivity contribution < 1.29 is 13.2 Å². The molecule has 0 fully saturated rings. The molecule has 0 aliphatic carbocycles. The van der Waals surface area contributed by atoms with E-state index in [1.54, 1.807) is 12.1 Å². The number of anilines is 1. The van der Waals surface area contributed by atoms with Crippen molar-refractivity contribution in [2.45, 2.75) is 18.7 Å². The van der Waals surface area contributed by atoms with Crippen LogP contribution < -0.4 is 9.46 Å². The van der Waals surface area contributed by atoms with Crippen molar-refractivity contribution in [3.8, 4) is 5.75 Å². The van der Waals surface area contributed by atoms with Gasteiger partial charge in [-0.1, -0.05) is 6.07 Å². The van der Waals surface area contributed by atoms with E-state index in [1.165, 1.54) is 19.2 Å². The van der Waals surface area contributed by atoms with Gasteiger partial charge < -0.3 is 4.74 Å². The second-order valence-electron chi connectivity index (χ2n) is 4.72. The van der Waals surface area contributed by atoms with Gasteiger partial charge >= 0.3 is 0 Å². The van der Waals surface area contributed by atoms with E-state index < -0.39 is 10.0 Å². The maximum atomic E-state index is 12.4. The van der Waals surface area contributed by atoms with Crippen molar-refractivity contribution in [1.82, 2.24) is 0 Å². The third-order valence-electron chi connectivity index (χ3n) is 3.04. The molecule has 0 spiro atoms. The lowest BCUT2D eigenvalue weighted by Crippen LogP contribution is -2.14. The molecular weight excluding hydrogens is 354 g/mol. The Kier molecular flexibility index (Phi) is 4.58. The minimum Gasteiger partial charge on any atom is -0.497 e. The first-order valence-corrected chi connectivity index (χ1v) is 8.55. The summed E-state index contributed by atoms with van der Waals surface area (Å²) in [5.41, 5.74) is 2.47. The van der Waals surface area contributed by atoms with Gasteiger partial charge in [-0.05, 0) is 71.2 Å². The predicted molar refractivity (Wildman–Crippen MR) is 87.4 cm³/mol. The molecule has 0 unspecified atom stereocenters. The van der Waals surface area contributed by atoms with Crippen LogP contribution in [0.15, 0.2) is 45.8 Å². The molecule has 6 heteroatoms. The van der Waals surface area contributed by atoms with Gasteiger partial charge in [0.1, 0.15) is 5.75 Å². The molecule has 0 bridgehead atoms. The van der Waals surface area contributed by atoms with Crippen molar-refractivity contribution in [3.63, 3.8) is 0 Å². The summed E-state index contributed by atoms with van der Waals surface area (Å²) in [6.45, 7) is 3.82. The molecule has 0 saturated carbocycles. The quantitative estimate of drug-likeness (QED) is 0.889. The lowest BCUT2D eigenvalue weighted by atomic mass is 10.1. The molecule has 0 aliphatic heterocycles. The summed E-state index contributed by atoms with van der Waals surface area (Å²) < 4.78 is 33.2. The third kappa shape index (κ3) is 3.57. The molecular formula is C15H16BrNO3S. The van der Waals surface area contributed by atoms with E-state index in [0.29, 0.717) is 11.4 Å². The first-order chi connectivity index (χ1) is 9.83. The minimum atomic E-state index is -3.63. The number of benzene rings is 2. The number of hydrogen-bond donors (Lipinski definition) is 1. The molecule has 0 saturated heterocycles. The predicted octanol–water partition coefficient (Wildman–Crippen LogP) is 3.88. The van der Waals surface area contributed by atoms with Gasteiger partial charge in [0.25, 0.3) is 10.0 Å². The highest BCUT2D eigenvalue weighted by atomic mass is 79.9. The van der Waals surface area contributed by atoms with E-state index in [9.17, 15) is 8.42 Å². The number of nitrogens with one attached hydrogen (secondary N) is 1. The summed E-state index contributed by atoms with van der Waals surface area (Å²) in [5, 5.41) is 0. The molecule has 0 amide bonds. The van der Waals surface area contributed by atoms with E-state index in [0.717, 1.165) is 15.6 Å². The van der Waals surface area contributed by atoms with Crippen LogP contribution in [0.1, 0.15) is 11.1 Å². The zero-order chi connectivity index (χ0) is 15.6. The monoisotopic (exact) mass is 369 g/mol. The number of hydrogen-bond acceptors (Lipinski definition) is 3. The Labute approximate surface area is 133 Å². The topological polar surface area (TPSA) is 55.4 Å². The molecule has 2 rings (SSSR count). The number of ether oxygens (including phenoxy) is 1. The maximum absolute atomic E-state index is 12.4. The molecule has 21 heavy (non-hydrogen) atoms. The fourth-order valence-electron chi connectivity index (χ4n) is 1.99. The number of halogens is 1. The average molecular weight is 370 g/mol. The number of sulfonamides is 1. The smallest absolute Gasteiger partial charge is 0.261 e. The molecule has 2 aromatic carbocycles. The largest absolute Gasteiger partial charge is 0.497 e. The van der Waals surface area contributed by atoms with Gasteiger partial charge in [-0.3, -0.25) is 4.72 Å². The van der Waals surface area contributed by atoms with Crippen LogP contribution in [-0.2, 0) is 10.0 Å². The van der Waals surface area contributed by atoms with E-state index in [1.807, 2.05) is 26.0 Å². The summed E-state index contributed by atoms with van der Waals surface area (Å²) >= 11 is 3.40. The summed E-state index contributed by atoms with van der Waals surface area (Å²) in [6.07, 6.45) is 0. The zero-order valence-corrected chi connectivity index (χ0v) is 14.4. The van der Waals surface area contributed by atoms with Crippen LogP contribution in [0.3, 0.4) is 0 Å². The van der Waals surface area contributed by atoms with Gasteiger partial charge in [0.15, 0.2) is 0 Å². The molecule has 112 valence electrons. The Hall–Kier alpha value is -1.53. The number of rotatable bonds is 4. The Bertz CT molecular complexity index is 732. The summed E-state index contributed by atoms with van der Waals surface area (Å²) in [7, 11) is -2.10. The van der Waals surface area contributed by atoms with Gasteiger partial charge in [0.2, 0.25) is 0 Å². The van der Waals surface area contributed by atoms with Gasteiger partial charge in [-0.25, -0.2) is 8.42 Å². The normalized spacial score (nSPS) is 11.2. The number of methoxy groups -OCH3 is 1. The Balaban J connectivity index is 2.37. The van der Waals surface area contributed by atoms with Gasteiger partial charge in [-0.2, -0.15) is 0 Å². The van der Waals surface area contributed by atoms with Crippen LogP contribution in [0.25, 0.3) is 0 Å². The van der Waals surface area contributed by atoms with Crippen molar-refractivity contribution in [3.05, 3.63) is 52.0 Å². The fourth-order valence-corrected chi connectivity index (χ4v) is 4.05. The second kappa shape index (κ2) is 6.07. The van der Waals surface area contributed by atoms with Gasteiger partial charge in [0.05, 0.1) is 17.7 Å². The lowest BCUT2D eigenvalue weighted by molar-refractivity contribution is 0.414. The molecule has 2 aromatic rings. The molecule has 0 radical (unpaired) electrons. The first-order valence-electron chi connectivity index (χ1n) is 6.27. The molecule has 4 nitrogen and oxygen atoms in total. The van der Waals surface area contributed by atoms with E-state index in [-0.39, 0.29) is 4.90 Å². The van der Waals surface area contributed by atoms with Gasteiger partial charge in [0, 0.05) is 4.47 Å². The molecule has 0 atom stereocenters. The van der Waals surface area contributed by atoms with E-state index in [2.05, 4.69) is 20.7 Å². The maximum Gasteiger partial charge on any atom is 0.261 e. The van der Waals surface area contributed by atoms with Crippen LogP contribution in [-0.4, -0.2) is 15.5 Å². The molecule has 0 heterocycles. The Morgan fingerprint density at radius 3 is 2.24 bits per heavy atom. The first kappa shape index (κ1) is 15.9. The molecule has 0 aliphatic rings. The van der Waals surface area contributed by atoms with Crippen LogP contribution in [0.2, 0.25) is 0 Å². The summed E-state index contributed by atoms with van der Waals surface area (Å²) in [6, 6.07) is 10.1. The van der Waals surface area contributed by atoms with Crippen molar-refractivity contribution in [2.24, 2.45) is 0 Å². The van der Waals surface area contributed by atoms with Crippen molar-refractivity contribution in [2.75, 3.05) is 11.8 Å². The van der Waals surface area contributed by atoms with Crippen molar-refractivity contribution in [1.29, 1.82) is 0 Å². The second-order valence-corrected chi connectivity index (χ2v) is 7.26. The fraction of sp³-hybridized carbons (Fsp3) is 0.200. The van der Waals surface area contributed by atoms with E-state index in [4.69, 9.17) is 4.74 Å². The highest BCUT2D eigenvalue weighted by Gasteiger charge is 2.17. The van der Waals surface area contributed by atoms with Crippen LogP contribution >= 0.6 is 15.9 Å². The van der Waals surface area contributed by atoms with Gasteiger partial charge in [-0.15, -0.1) is 0 Å². The minimum absolute atomic E-state index is 0.190. The standard InChI is InChI=1S/C15H16BrNO3S/c1-10-8-11(2)15(14(16)9-10)17-21(18,19)13-6-4-12(20-3)5-7-13/h4-9,17H,1-3H3. The third-order valence-corrected chi connectivity index (χ3v) is 5.03. The average Bonchev–Trinajstić information content (AvgIpc) is 2.43. The Morgan fingerprint density at radius 1 is 1.10 bits per heavy atom. The van der Waals surface area contributed by atoms with Crippen LogP contribution in [0, 0.1) is 13.8 Å². The van der Waals surface area contributed by atoms with Crippen molar-refractivity contribution >= 4 is 31.6 Å². The lowest BCUT2D eigenvalue weighted by Gasteiger charge is -2.13. The highest BCUT2D eigenvalue weighted by molar-refractivity contribution is 9.10. The van der Waals surface area contributed by atoms with E-state index >= 15 is 0 Å².